The van der Waals surface area contributed by atoms with Crippen molar-refractivity contribution < 1.29 is 4.79 Å². The molecule has 1 amide bonds. The van der Waals surface area contributed by atoms with E-state index >= 15 is 0 Å². The molecule has 1 N–H and O–H groups in total. The Morgan fingerprint density at radius 1 is 1.29 bits per heavy atom. The van der Waals surface area contributed by atoms with Crippen molar-refractivity contribution in [3.8, 4) is 0 Å². The molecule has 0 spiro atoms. The Kier molecular flexibility index (Phi) is 3.53. The van der Waals surface area contributed by atoms with Gasteiger partial charge in [-0.2, -0.15) is 5.10 Å². The average molecular weight is 303 g/mol. The number of halogens is 1. The summed E-state index contributed by atoms with van der Waals surface area (Å²) in [5.41, 5.74) is 0.598. The molecular weight excluding hydrogens is 292 g/mol. The molecule has 0 aliphatic carbocycles. The fourth-order valence-corrected chi connectivity index (χ4v) is 2.31. The van der Waals surface area contributed by atoms with Crippen molar-refractivity contribution in [1.29, 1.82) is 0 Å². The largest absolute Gasteiger partial charge is 0.289 e. The lowest BCUT2D eigenvalue weighted by Gasteiger charge is -2.17. The number of aromatic amines is 1. The van der Waals surface area contributed by atoms with Crippen LogP contribution in [0.4, 0.5) is 0 Å². The fourth-order valence-electron chi connectivity index (χ4n) is 2.12. The number of nitrogens with one attached hydrogen (secondary N) is 1. The average Bonchev–Trinajstić information content (AvgIpc) is 2.97. The third kappa shape index (κ3) is 2.71. The second kappa shape index (κ2) is 5.49. The highest BCUT2D eigenvalue weighted by Gasteiger charge is 2.26. The van der Waals surface area contributed by atoms with Crippen LogP contribution in [0.1, 0.15) is 16.1 Å². The highest BCUT2D eigenvalue weighted by Crippen LogP contribution is 2.17. The molecule has 1 aromatic carbocycles. The van der Waals surface area contributed by atoms with Gasteiger partial charge in [-0.25, -0.2) is 5.10 Å². The molecule has 0 unspecified atom stereocenters. The van der Waals surface area contributed by atoms with Gasteiger partial charge in [-0.15, -0.1) is 0 Å². The number of aromatic nitrogens is 2. The van der Waals surface area contributed by atoms with Crippen LogP contribution in [0.3, 0.4) is 0 Å². The van der Waals surface area contributed by atoms with Crippen molar-refractivity contribution in [1.82, 2.24) is 15.1 Å². The zero-order valence-corrected chi connectivity index (χ0v) is 11.7. The minimum absolute atomic E-state index is 0.172. The Morgan fingerprint density at radius 2 is 2.14 bits per heavy atom. The van der Waals surface area contributed by atoms with Crippen LogP contribution in [-0.4, -0.2) is 39.9 Å². The molecular formula is C14H11ClN4O2. The monoisotopic (exact) mass is 302 g/mol. The number of H-pyrrole nitrogens is 1. The lowest BCUT2D eigenvalue weighted by atomic mass is 10.2. The van der Waals surface area contributed by atoms with Crippen LogP contribution in [-0.2, 0) is 0 Å². The highest BCUT2D eigenvalue weighted by molar-refractivity contribution is 6.31. The van der Waals surface area contributed by atoms with E-state index in [1.165, 1.54) is 17.0 Å². The third-order valence-electron chi connectivity index (χ3n) is 3.07. The molecule has 106 valence electrons. The van der Waals surface area contributed by atoms with Crippen molar-refractivity contribution in [3.05, 3.63) is 63.0 Å². The van der Waals surface area contributed by atoms with Gasteiger partial charge in [0.05, 0.1) is 6.54 Å². The van der Waals surface area contributed by atoms with Gasteiger partial charge < -0.3 is 0 Å². The van der Waals surface area contributed by atoms with Crippen molar-refractivity contribution in [2.45, 2.75) is 0 Å². The fraction of sp³-hybridized carbons (Fsp3) is 0.143. The Bertz CT molecular complexity index is 764. The van der Waals surface area contributed by atoms with Gasteiger partial charge in [0.25, 0.3) is 11.5 Å². The van der Waals surface area contributed by atoms with E-state index in [0.717, 1.165) is 5.56 Å². The summed E-state index contributed by atoms with van der Waals surface area (Å²) in [5, 5.41) is 6.59. The second-order valence-corrected chi connectivity index (χ2v) is 4.92. The predicted molar refractivity (Wildman–Crippen MR) is 78.8 cm³/mol. The van der Waals surface area contributed by atoms with Crippen molar-refractivity contribution in [2.75, 3.05) is 13.1 Å². The normalized spacial score (nSPS) is 14.1. The van der Waals surface area contributed by atoms with Crippen LogP contribution < -0.4 is 5.56 Å². The molecule has 2 aromatic rings. The zero-order valence-electron chi connectivity index (χ0n) is 10.9. The van der Waals surface area contributed by atoms with Crippen LogP contribution in [0.25, 0.3) is 0 Å². The number of rotatable bonds is 2. The molecule has 0 fully saturated rings. The number of benzene rings is 1. The maximum Gasteiger partial charge on any atom is 0.279 e. The first-order valence-corrected chi connectivity index (χ1v) is 6.71. The van der Waals surface area contributed by atoms with E-state index in [-0.39, 0.29) is 17.2 Å². The van der Waals surface area contributed by atoms with E-state index in [9.17, 15) is 9.59 Å². The molecule has 21 heavy (non-hydrogen) atoms. The topological polar surface area (TPSA) is 78.4 Å². The molecule has 6 nitrogen and oxygen atoms in total. The Hall–Kier alpha value is -2.47. The summed E-state index contributed by atoms with van der Waals surface area (Å²) in [7, 11) is 0. The molecule has 0 bridgehead atoms. The maximum atomic E-state index is 12.5. The van der Waals surface area contributed by atoms with E-state index in [0.29, 0.717) is 23.9 Å². The number of nitrogens with zero attached hydrogens (tertiary/aromatic N) is 3. The van der Waals surface area contributed by atoms with Gasteiger partial charge in [0.1, 0.15) is 11.5 Å². The van der Waals surface area contributed by atoms with Crippen LogP contribution in [0.5, 0.6) is 0 Å². The molecule has 7 heteroatoms. The lowest BCUT2D eigenvalue weighted by Crippen LogP contribution is -2.35. The summed E-state index contributed by atoms with van der Waals surface area (Å²) >= 11 is 5.97. The number of carbonyl (C=O) groups excluding carboxylic acids is 1. The van der Waals surface area contributed by atoms with Gasteiger partial charge in [0.2, 0.25) is 0 Å². The summed E-state index contributed by atoms with van der Waals surface area (Å²) in [4.78, 5) is 29.4. The number of amides is 1. The molecule has 0 atom stereocenters. The first kappa shape index (κ1) is 13.5. The molecule has 3 rings (SSSR count). The summed E-state index contributed by atoms with van der Waals surface area (Å²) < 4.78 is 0. The van der Waals surface area contributed by atoms with E-state index in [4.69, 9.17) is 11.6 Å². The summed E-state index contributed by atoms with van der Waals surface area (Å²) in [6.45, 7) is 0.998. The highest BCUT2D eigenvalue weighted by atomic mass is 35.5. The molecule has 0 saturated carbocycles. The first-order valence-electron chi connectivity index (χ1n) is 6.33. The Balaban J connectivity index is 1.92. The van der Waals surface area contributed by atoms with E-state index in [1.54, 1.807) is 18.2 Å². The zero-order chi connectivity index (χ0) is 14.8. The Morgan fingerprint density at radius 3 is 2.86 bits per heavy atom. The molecule has 1 aromatic heterocycles. The molecule has 2 heterocycles. The summed E-state index contributed by atoms with van der Waals surface area (Å²) in [6, 6.07) is 9.83. The number of aliphatic imine (C=N–C) groups is 1. The van der Waals surface area contributed by atoms with Gasteiger partial charge in [0, 0.05) is 23.2 Å². The smallest absolute Gasteiger partial charge is 0.279 e. The van der Waals surface area contributed by atoms with Gasteiger partial charge in [0.15, 0.2) is 0 Å². The second-order valence-electron chi connectivity index (χ2n) is 4.48. The third-order valence-corrected chi connectivity index (χ3v) is 3.30. The van der Waals surface area contributed by atoms with E-state index in [1.807, 2.05) is 6.07 Å². The van der Waals surface area contributed by atoms with E-state index in [2.05, 4.69) is 15.2 Å². The molecule has 1 aliphatic heterocycles. The van der Waals surface area contributed by atoms with Crippen LogP contribution in [0, 0.1) is 0 Å². The quantitative estimate of drug-likeness (QED) is 0.909. The van der Waals surface area contributed by atoms with Crippen LogP contribution >= 0.6 is 11.6 Å². The minimum atomic E-state index is -0.350. The number of hydrogen-bond donors (Lipinski definition) is 1. The standard InChI is InChI=1S/C14H11ClN4O2/c15-10-3-1-2-9(8-10)13-16-6-7-19(13)14(21)11-4-5-12(20)18-17-11/h1-5,8H,6-7H2,(H,18,20). The van der Waals surface area contributed by atoms with Gasteiger partial charge in [-0.1, -0.05) is 23.7 Å². The SMILES string of the molecule is O=C(c1ccc(=O)[nH]n1)N1CCN=C1c1cccc(Cl)c1. The first-order chi connectivity index (χ1) is 10.1. The number of carbonyl (C=O) groups is 1. The van der Waals surface area contributed by atoms with Crippen LogP contribution in [0.2, 0.25) is 5.02 Å². The van der Waals surface area contributed by atoms with Crippen molar-refractivity contribution in [3.63, 3.8) is 0 Å². The molecule has 0 saturated heterocycles. The molecule has 1 aliphatic rings. The van der Waals surface area contributed by atoms with E-state index < -0.39 is 0 Å². The summed E-state index contributed by atoms with van der Waals surface area (Å²) in [6.07, 6.45) is 0. The Labute approximate surface area is 125 Å². The number of amidine groups is 1. The van der Waals surface area contributed by atoms with Gasteiger partial charge in [-0.05, 0) is 18.2 Å². The molecule has 0 radical (unpaired) electrons. The predicted octanol–water partition coefficient (Wildman–Crippen LogP) is 1.33. The van der Waals surface area contributed by atoms with Crippen molar-refractivity contribution in [2.24, 2.45) is 4.99 Å². The van der Waals surface area contributed by atoms with Gasteiger partial charge >= 0.3 is 0 Å². The summed E-state index contributed by atoms with van der Waals surface area (Å²) in [5.74, 6) is 0.262. The maximum absolute atomic E-state index is 12.5. The minimum Gasteiger partial charge on any atom is -0.289 e. The van der Waals surface area contributed by atoms with Crippen LogP contribution in [0.15, 0.2) is 46.2 Å². The lowest BCUT2D eigenvalue weighted by molar-refractivity contribution is 0.0851. The number of hydrogen-bond acceptors (Lipinski definition) is 4. The van der Waals surface area contributed by atoms with Gasteiger partial charge in [-0.3, -0.25) is 19.5 Å². The van der Waals surface area contributed by atoms with Crippen molar-refractivity contribution >= 4 is 23.3 Å².